The molecular weight excluding hydrogens is 636 g/mol. The van der Waals surface area contributed by atoms with Crippen molar-refractivity contribution >= 4 is 35.1 Å². The molecule has 2 aromatic carbocycles. The number of aromatic nitrogens is 2. The molecule has 4 aliphatic rings. The van der Waals surface area contributed by atoms with Gasteiger partial charge in [0.1, 0.15) is 17.3 Å². The van der Waals surface area contributed by atoms with Crippen molar-refractivity contribution in [2.45, 2.75) is 82.7 Å². The largest absolute Gasteiger partial charge is 0.338 e. The molecule has 7 rings (SSSR count). The minimum atomic E-state index is -2.82. The van der Waals surface area contributed by atoms with Crippen LogP contribution in [0.3, 0.4) is 0 Å². The number of hydrogen-bond donors (Lipinski definition) is 4. The molecule has 3 aliphatic carbocycles. The Morgan fingerprint density at radius 3 is 2.31 bits per heavy atom. The number of anilines is 2. The van der Waals surface area contributed by atoms with Crippen LogP contribution in [0.15, 0.2) is 47.1 Å². The Hall–Kier alpha value is -4.88. The van der Waals surface area contributed by atoms with Gasteiger partial charge in [-0.15, -0.1) is 0 Å². The summed E-state index contributed by atoms with van der Waals surface area (Å²) in [6.45, 7) is 4.55. The van der Waals surface area contributed by atoms with E-state index in [9.17, 15) is 28.0 Å². The Balaban J connectivity index is 1.14. The third kappa shape index (κ3) is 6.47. The van der Waals surface area contributed by atoms with Crippen molar-refractivity contribution in [2.24, 2.45) is 11.3 Å². The highest BCUT2D eigenvalue weighted by Gasteiger charge is 2.57. The molecular formula is C35H39F2N7O5. The maximum Gasteiger partial charge on any atom is 0.318 e. The van der Waals surface area contributed by atoms with Crippen LogP contribution in [0.5, 0.6) is 0 Å². The van der Waals surface area contributed by atoms with Gasteiger partial charge in [-0.05, 0) is 86.0 Å². The quantitative estimate of drug-likeness (QED) is 0.273. The van der Waals surface area contributed by atoms with Crippen molar-refractivity contribution in [1.82, 2.24) is 25.8 Å². The van der Waals surface area contributed by atoms with Gasteiger partial charge >= 0.3 is 6.03 Å². The zero-order chi connectivity index (χ0) is 34.6. The number of urea groups is 1. The normalized spacial score (nSPS) is 22.9. The summed E-state index contributed by atoms with van der Waals surface area (Å²) in [6, 6.07) is 11.4. The first-order valence-corrected chi connectivity index (χ1v) is 16.7. The van der Waals surface area contributed by atoms with Crippen molar-refractivity contribution in [1.29, 1.82) is 0 Å². The molecule has 4 N–H and O–H groups in total. The highest BCUT2D eigenvalue weighted by Crippen LogP contribution is 2.50. The van der Waals surface area contributed by atoms with E-state index in [-0.39, 0.29) is 54.4 Å². The number of nitrogens with zero attached hydrogens (tertiary/aromatic N) is 3. The molecule has 1 saturated heterocycles. The molecule has 1 unspecified atom stereocenters. The molecule has 2 heterocycles. The van der Waals surface area contributed by atoms with Crippen molar-refractivity contribution < 1.29 is 32.6 Å². The highest BCUT2D eigenvalue weighted by atomic mass is 19.3. The fraction of sp³-hybridized carbons (Fsp3) is 0.486. The van der Waals surface area contributed by atoms with Gasteiger partial charge < -0.3 is 26.2 Å². The molecule has 2 saturated carbocycles. The number of alkyl halides is 2. The predicted molar refractivity (Wildman–Crippen MR) is 174 cm³/mol. The number of carbonyl (C=O) groups is 4. The van der Waals surface area contributed by atoms with E-state index < -0.39 is 48.1 Å². The van der Waals surface area contributed by atoms with Crippen LogP contribution in [0.25, 0.3) is 0 Å². The fourth-order valence-electron chi connectivity index (χ4n) is 7.43. The van der Waals surface area contributed by atoms with Crippen LogP contribution in [-0.4, -0.2) is 69.6 Å². The molecule has 1 aromatic heterocycles. The number of nitrogens with one attached hydrogen (secondary N) is 4. The van der Waals surface area contributed by atoms with Crippen molar-refractivity contribution in [2.75, 3.05) is 23.7 Å². The number of benzene rings is 2. The van der Waals surface area contributed by atoms with E-state index in [1.54, 1.807) is 17.0 Å². The van der Waals surface area contributed by atoms with E-state index >= 15 is 0 Å². The van der Waals surface area contributed by atoms with Gasteiger partial charge in [-0.1, -0.05) is 28.9 Å². The minimum absolute atomic E-state index is 0.0396. The zero-order valence-electron chi connectivity index (χ0n) is 27.4. The second kappa shape index (κ2) is 12.2. The molecule has 1 spiro atoms. The van der Waals surface area contributed by atoms with Gasteiger partial charge in [0.25, 0.3) is 11.8 Å². The van der Waals surface area contributed by atoms with Crippen molar-refractivity contribution in [3.8, 4) is 0 Å². The summed E-state index contributed by atoms with van der Waals surface area (Å²) in [6.07, 6.45) is 1.78. The van der Waals surface area contributed by atoms with Crippen molar-refractivity contribution in [3.05, 3.63) is 70.5 Å². The molecule has 5 amide bonds. The van der Waals surface area contributed by atoms with Gasteiger partial charge in [-0.2, -0.15) is 0 Å². The summed E-state index contributed by atoms with van der Waals surface area (Å²) < 4.78 is 32.7. The monoisotopic (exact) mass is 675 g/mol. The SMILES string of the molecule is Cc1ccc(NC(=O)C2(N3CC4(CC4)CNC3=O)Cc3ccc(NC(=O)[C@@H](NC(=O)c4nonc4C)C4CCC(F)(F)CC4)cc3C2)cc1. The number of fused-ring (bicyclic) bond motifs is 1. The average Bonchev–Trinajstić information content (AvgIpc) is 3.48. The molecule has 12 nitrogen and oxygen atoms in total. The Bertz CT molecular complexity index is 1800. The van der Waals surface area contributed by atoms with Gasteiger partial charge in [-0.25, -0.2) is 18.2 Å². The smallest absolute Gasteiger partial charge is 0.318 e. The third-order valence-electron chi connectivity index (χ3n) is 10.7. The number of halogens is 2. The van der Waals surface area contributed by atoms with E-state index in [0.717, 1.165) is 29.5 Å². The van der Waals surface area contributed by atoms with Crippen LogP contribution in [-0.2, 0) is 22.4 Å². The molecule has 14 heteroatoms. The molecule has 258 valence electrons. The van der Waals surface area contributed by atoms with E-state index in [4.69, 9.17) is 0 Å². The first kappa shape index (κ1) is 32.7. The standard InChI is InChI=1S/C35H39F2N7O5/c1-20-3-6-25(7-4-20)40-31(47)34(44-19-33(13-14-33)18-38-32(44)48)16-23-5-8-26(15-24(23)17-34)39-30(46)28(22-9-11-35(36,37)12-10-22)41-29(45)27-21(2)42-49-43-27/h3-8,15,22,28H,9-14,16-19H2,1-2H3,(H,38,48)(H,39,46)(H,40,47)(H,41,45)/t28-,34?/m0/s1. The van der Waals surface area contributed by atoms with Crippen LogP contribution < -0.4 is 21.3 Å². The number of amides is 5. The van der Waals surface area contributed by atoms with E-state index in [1.807, 2.05) is 37.3 Å². The Labute approximate surface area is 281 Å². The number of aryl methyl sites for hydroxylation is 2. The molecule has 0 bridgehead atoms. The number of hydrogen-bond acceptors (Lipinski definition) is 7. The summed E-state index contributed by atoms with van der Waals surface area (Å²) in [5.74, 6) is -4.91. The lowest BCUT2D eigenvalue weighted by atomic mass is 9.81. The maximum absolute atomic E-state index is 14.3. The van der Waals surface area contributed by atoms with Gasteiger partial charge in [0.15, 0.2) is 5.69 Å². The predicted octanol–water partition coefficient (Wildman–Crippen LogP) is 4.53. The van der Waals surface area contributed by atoms with Gasteiger partial charge in [0, 0.05) is 55.6 Å². The summed E-state index contributed by atoms with van der Waals surface area (Å²) >= 11 is 0. The third-order valence-corrected chi connectivity index (χ3v) is 10.7. The maximum atomic E-state index is 14.3. The van der Waals surface area contributed by atoms with Gasteiger partial charge in [0.2, 0.25) is 11.8 Å². The van der Waals surface area contributed by atoms with Crippen molar-refractivity contribution in [3.63, 3.8) is 0 Å². The number of rotatable bonds is 8. The topological polar surface area (TPSA) is 159 Å². The van der Waals surface area contributed by atoms with E-state index in [0.29, 0.717) is 24.5 Å². The highest BCUT2D eigenvalue weighted by molar-refractivity contribution is 6.03. The lowest BCUT2D eigenvalue weighted by molar-refractivity contribution is -0.127. The van der Waals surface area contributed by atoms with Crippen LogP contribution in [0.4, 0.5) is 25.0 Å². The first-order valence-electron chi connectivity index (χ1n) is 16.7. The van der Waals surface area contributed by atoms with Crippen LogP contribution in [0.2, 0.25) is 0 Å². The molecule has 0 radical (unpaired) electrons. The van der Waals surface area contributed by atoms with E-state index in [1.165, 1.54) is 6.92 Å². The first-order chi connectivity index (χ1) is 23.4. The molecule has 3 fully saturated rings. The Morgan fingerprint density at radius 1 is 0.939 bits per heavy atom. The van der Waals surface area contributed by atoms with Gasteiger partial charge in [-0.3, -0.25) is 14.4 Å². The summed E-state index contributed by atoms with van der Waals surface area (Å²) in [5, 5.41) is 18.9. The second-order valence-corrected chi connectivity index (χ2v) is 14.3. The number of carbonyl (C=O) groups excluding carboxylic acids is 4. The van der Waals surface area contributed by atoms with Gasteiger partial charge in [0.05, 0.1) is 0 Å². The summed E-state index contributed by atoms with van der Waals surface area (Å²) in [4.78, 5) is 56.2. The second-order valence-electron chi connectivity index (χ2n) is 14.3. The lowest BCUT2D eigenvalue weighted by Crippen LogP contribution is -2.66. The summed E-state index contributed by atoms with van der Waals surface area (Å²) in [5.41, 5.74) is 2.65. The molecule has 49 heavy (non-hydrogen) atoms. The molecule has 2 atom stereocenters. The summed E-state index contributed by atoms with van der Waals surface area (Å²) in [7, 11) is 0. The fourth-order valence-corrected chi connectivity index (χ4v) is 7.43. The zero-order valence-corrected chi connectivity index (χ0v) is 27.4. The molecule has 1 aliphatic heterocycles. The minimum Gasteiger partial charge on any atom is -0.338 e. The van der Waals surface area contributed by atoms with E-state index in [2.05, 4.69) is 36.2 Å². The van der Waals surface area contributed by atoms with Crippen LogP contribution >= 0.6 is 0 Å². The Morgan fingerprint density at radius 2 is 1.63 bits per heavy atom. The Kier molecular flexibility index (Phi) is 8.14. The molecule has 3 aromatic rings. The van der Waals surface area contributed by atoms with Crippen LogP contribution in [0.1, 0.15) is 71.4 Å². The lowest BCUT2D eigenvalue weighted by Gasteiger charge is -2.44. The van der Waals surface area contributed by atoms with Crippen LogP contribution in [0, 0.1) is 25.2 Å². The average molecular weight is 676 g/mol.